The Morgan fingerprint density at radius 2 is 1.00 bits per heavy atom. The first-order valence-electron chi connectivity index (χ1n) is 13.5. The van der Waals surface area contributed by atoms with Gasteiger partial charge in [-0.15, -0.1) is 0 Å². The maximum atomic E-state index is 14.4. The molecule has 0 saturated heterocycles. The summed E-state index contributed by atoms with van der Waals surface area (Å²) in [6, 6.07) is 0. The van der Waals surface area contributed by atoms with Gasteiger partial charge in [-0.25, -0.2) is 0 Å². The molecule has 7 nitrogen and oxygen atoms in total. The van der Waals surface area contributed by atoms with Crippen LogP contribution < -0.4 is 0 Å². The molecule has 0 bridgehead atoms. The van der Waals surface area contributed by atoms with Gasteiger partial charge in [-0.3, -0.25) is 4.79 Å². The Kier molecular flexibility index (Phi) is 13.2. The van der Waals surface area contributed by atoms with Crippen LogP contribution in [0.25, 0.3) is 0 Å². The molecular formula is C24H60O7Si6. The lowest BCUT2D eigenvalue weighted by Gasteiger charge is -2.49. The molecule has 0 saturated carbocycles. The molecule has 0 rings (SSSR count). The van der Waals surface area contributed by atoms with E-state index < -0.39 is 73.7 Å². The van der Waals surface area contributed by atoms with E-state index in [2.05, 4.69) is 98.2 Å². The molecule has 222 valence electrons. The summed E-state index contributed by atoms with van der Waals surface area (Å²) < 4.78 is 39.9. The van der Waals surface area contributed by atoms with Gasteiger partial charge in [0.2, 0.25) is 13.9 Å². The normalized spacial score (nSPS) is 17.8. The minimum atomic E-state index is -2.32. The molecule has 0 aliphatic heterocycles. The van der Waals surface area contributed by atoms with Crippen LogP contribution in [-0.4, -0.2) is 86.9 Å². The van der Waals surface area contributed by atoms with Crippen molar-refractivity contribution in [2.75, 3.05) is 13.2 Å². The van der Waals surface area contributed by atoms with Crippen LogP contribution in [0.4, 0.5) is 0 Å². The van der Waals surface area contributed by atoms with Crippen LogP contribution in [0.5, 0.6) is 0 Å². The molecule has 0 fully saturated rings. The Bertz CT molecular complexity index is 725. The van der Waals surface area contributed by atoms with E-state index in [-0.39, 0.29) is 6.61 Å². The fourth-order valence-corrected chi connectivity index (χ4v) is 9.04. The molecule has 3 atom stereocenters. The number of rotatable bonds is 16. The second kappa shape index (κ2) is 13.0. The number of hydrogen-bond donors (Lipinski definition) is 0. The SMILES string of the molecule is C[Si](C)(C)OCC(O[Si](C)(C)C)C(O[Si](C)(C)C)C(CO[Si](C)(C)C)(O[Si](C)(C)C)C(=O)O[Si](C)(C)C. The molecule has 3 unspecified atom stereocenters. The van der Waals surface area contributed by atoms with Crippen LogP contribution in [0.1, 0.15) is 0 Å². The van der Waals surface area contributed by atoms with E-state index in [1.807, 2.05) is 19.6 Å². The zero-order valence-corrected chi connectivity index (χ0v) is 33.4. The van der Waals surface area contributed by atoms with Crippen LogP contribution in [0, 0.1) is 0 Å². The Labute approximate surface area is 235 Å². The minimum absolute atomic E-state index is 0.0734. The van der Waals surface area contributed by atoms with Crippen LogP contribution in [0.15, 0.2) is 0 Å². The van der Waals surface area contributed by atoms with E-state index in [0.29, 0.717) is 6.61 Å². The maximum absolute atomic E-state index is 14.4. The van der Waals surface area contributed by atoms with Crippen LogP contribution in [0.2, 0.25) is 118 Å². The minimum Gasteiger partial charge on any atom is -0.518 e. The predicted molar refractivity (Wildman–Crippen MR) is 172 cm³/mol. The van der Waals surface area contributed by atoms with E-state index in [1.54, 1.807) is 0 Å². The fourth-order valence-electron chi connectivity index (χ4n) is 3.44. The van der Waals surface area contributed by atoms with E-state index in [4.69, 9.17) is 26.6 Å². The molecule has 13 heteroatoms. The third kappa shape index (κ3) is 17.1. The van der Waals surface area contributed by atoms with Crippen molar-refractivity contribution in [3.8, 4) is 0 Å². The molecule has 0 radical (unpaired) electrons. The fraction of sp³-hybridized carbons (Fsp3) is 0.958. The van der Waals surface area contributed by atoms with Crippen molar-refractivity contribution < 1.29 is 31.4 Å². The van der Waals surface area contributed by atoms with Gasteiger partial charge in [-0.1, -0.05) is 0 Å². The van der Waals surface area contributed by atoms with Gasteiger partial charge in [0.15, 0.2) is 41.6 Å². The van der Waals surface area contributed by atoms with E-state index in [0.717, 1.165) is 0 Å². The first-order chi connectivity index (χ1) is 15.9. The average Bonchev–Trinajstić information content (AvgIpc) is 2.54. The summed E-state index contributed by atoms with van der Waals surface area (Å²) >= 11 is 0. The average molecular weight is 629 g/mol. The maximum Gasteiger partial charge on any atom is 0.329 e. The summed E-state index contributed by atoms with van der Waals surface area (Å²) in [5.41, 5.74) is -1.46. The van der Waals surface area contributed by atoms with Crippen LogP contribution in [0.3, 0.4) is 0 Å². The zero-order chi connectivity index (χ0) is 29.9. The van der Waals surface area contributed by atoms with E-state index >= 15 is 0 Å². The van der Waals surface area contributed by atoms with Crippen molar-refractivity contribution in [3.05, 3.63) is 0 Å². The van der Waals surface area contributed by atoms with Crippen LogP contribution >= 0.6 is 0 Å². The van der Waals surface area contributed by atoms with Gasteiger partial charge in [-0.05, 0) is 118 Å². The third-order valence-electron chi connectivity index (χ3n) is 4.42. The summed E-state index contributed by atoms with van der Waals surface area (Å²) in [4.78, 5) is 14.4. The zero-order valence-electron chi connectivity index (χ0n) is 27.4. The highest BCUT2D eigenvalue weighted by molar-refractivity contribution is 6.72. The number of hydrogen-bond acceptors (Lipinski definition) is 7. The second-order valence-corrected chi connectivity index (χ2v) is 42.7. The van der Waals surface area contributed by atoms with Gasteiger partial charge in [0, 0.05) is 0 Å². The van der Waals surface area contributed by atoms with Crippen molar-refractivity contribution in [3.63, 3.8) is 0 Å². The summed E-state index contributed by atoms with van der Waals surface area (Å²) in [7, 11) is -12.8. The summed E-state index contributed by atoms with van der Waals surface area (Å²) in [5.74, 6) is -0.396. The lowest BCUT2D eigenvalue weighted by molar-refractivity contribution is -0.179. The summed E-state index contributed by atoms with van der Waals surface area (Å²) in [5, 5.41) is 0. The first kappa shape index (κ1) is 37.6. The smallest absolute Gasteiger partial charge is 0.329 e. The number of carbonyl (C=O) groups is 1. The van der Waals surface area contributed by atoms with E-state index in [9.17, 15) is 4.79 Å². The molecule has 0 aromatic heterocycles. The quantitative estimate of drug-likeness (QED) is 0.169. The van der Waals surface area contributed by atoms with Gasteiger partial charge in [0.1, 0.15) is 6.10 Å². The lowest BCUT2D eigenvalue weighted by atomic mass is 9.94. The molecule has 0 heterocycles. The van der Waals surface area contributed by atoms with Gasteiger partial charge in [-0.2, -0.15) is 0 Å². The van der Waals surface area contributed by atoms with Crippen molar-refractivity contribution in [2.45, 2.75) is 136 Å². The van der Waals surface area contributed by atoms with Crippen LogP contribution in [-0.2, 0) is 31.4 Å². The van der Waals surface area contributed by atoms with Crippen molar-refractivity contribution >= 4 is 55.9 Å². The van der Waals surface area contributed by atoms with Crippen molar-refractivity contribution in [1.82, 2.24) is 0 Å². The Morgan fingerprint density at radius 1 is 0.568 bits per heavy atom. The molecule has 0 aromatic rings. The highest BCUT2D eigenvalue weighted by Gasteiger charge is 2.57. The molecule has 0 amide bonds. The topological polar surface area (TPSA) is 72.5 Å². The number of carbonyl (C=O) groups excluding carboxylic acids is 1. The molecule has 0 spiro atoms. The van der Waals surface area contributed by atoms with Gasteiger partial charge in [0.05, 0.1) is 19.3 Å². The Morgan fingerprint density at radius 3 is 1.32 bits per heavy atom. The second-order valence-electron chi connectivity index (χ2n) is 15.8. The summed E-state index contributed by atoms with van der Waals surface area (Å²) in [6.07, 6.45) is -1.23. The van der Waals surface area contributed by atoms with Gasteiger partial charge in [0.25, 0.3) is 0 Å². The first-order valence-corrected chi connectivity index (χ1v) is 34.0. The van der Waals surface area contributed by atoms with Crippen molar-refractivity contribution in [1.29, 1.82) is 0 Å². The summed E-state index contributed by atoms with van der Waals surface area (Å²) in [6.45, 7) is 38.4. The molecule has 37 heavy (non-hydrogen) atoms. The third-order valence-corrected chi connectivity index (χ3v) is 10.2. The molecule has 0 aromatic carbocycles. The molecule has 0 N–H and O–H groups in total. The van der Waals surface area contributed by atoms with E-state index in [1.165, 1.54) is 0 Å². The lowest BCUT2D eigenvalue weighted by Crippen LogP contribution is -2.68. The largest absolute Gasteiger partial charge is 0.518 e. The highest BCUT2D eigenvalue weighted by atomic mass is 28.4. The Hall–Kier alpha value is 0.571. The molecule has 0 aliphatic rings. The molecular weight excluding hydrogens is 569 g/mol. The Balaban J connectivity index is 7.33. The predicted octanol–water partition coefficient (Wildman–Crippen LogP) is 7.10. The van der Waals surface area contributed by atoms with Crippen molar-refractivity contribution in [2.24, 2.45) is 0 Å². The highest BCUT2D eigenvalue weighted by Crippen LogP contribution is 2.35. The standard InChI is InChI=1S/C24H60O7Si6/c1-32(2,3)26-19-21(28-34(7,8)9)22(29-35(10,11)12)24(31-37(16,17)18,20-27-33(4,5)6)23(25)30-36(13,14)15/h21-22H,19-20H2,1-18H3. The van der Waals surface area contributed by atoms with Gasteiger partial charge < -0.3 is 26.6 Å². The van der Waals surface area contributed by atoms with Gasteiger partial charge >= 0.3 is 5.97 Å². The monoisotopic (exact) mass is 628 g/mol. The molecule has 0 aliphatic carbocycles.